The van der Waals surface area contributed by atoms with Gasteiger partial charge in [0, 0.05) is 5.69 Å². The number of nitrogens with one attached hydrogen (secondary N) is 1. The maximum Gasteiger partial charge on any atom is 0.344 e. The lowest BCUT2D eigenvalue weighted by molar-refractivity contribution is -0.145. The molecule has 1 rings (SSSR count). The first-order valence-electron chi connectivity index (χ1n) is 5.84. The fourth-order valence-corrected chi connectivity index (χ4v) is 1.47. The molecule has 0 fully saturated rings. The molecule has 0 saturated heterocycles. The Morgan fingerprint density at radius 3 is 2.29 bits per heavy atom. The third-order valence-electron chi connectivity index (χ3n) is 2.14. The largest absolute Gasteiger partial charge is 0.482 e. The van der Waals surface area contributed by atoms with E-state index in [9.17, 15) is 9.59 Å². The van der Waals surface area contributed by atoms with Crippen LogP contribution in [0.1, 0.15) is 6.92 Å². The van der Waals surface area contributed by atoms with Gasteiger partial charge in [0.1, 0.15) is 15.3 Å². The van der Waals surface area contributed by atoms with E-state index in [0.29, 0.717) is 18.0 Å². The fourth-order valence-electron chi connectivity index (χ4n) is 1.25. The lowest BCUT2D eigenvalue weighted by Crippen LogP contribution is -2.14. The van der Waals surface area contributed by atoms with Crippen LogP contribution in [0.3, 0.4) is 0 Å². The van der Waals surface area contributed by atoms with Gasteiger partial charge in [-0.3, -0.25) is 4.79 Å². The van der Waals surface area contributed by atoms with E-state index >= 15 is 0 Å². The van der Waals surface area contributed by atoms with Gasteiger partial charge in [-0.2, -0.15) is 0 Å². The summed E-state index contributed by atoms with van der Waals surface area (Å²) in [4.78, 5) is 22.7. The van der Waals surface area contributed by atoms with Gasteiger partial charge in [0.05, 0.1) is 6.61 Å². The predicted molar refractivity (Wildman–Crippen MR) is 81.8 cm³/mol. The van der Waals surface area contributed by atoms with Gasteiger partial charge in [0.25, 0.3) is 5.91 Å². The van der Waals surface area contributed by atoms with Gasteiger partial charge in [0.15, 0.2) is 6.61 Å². The summed E-state index contributed by atoms with van der Waals surface area (Å²) in [6.45, 7) is 1.82. The third kappa shape index (κ3) is 6.25. The van der Waals surface area contributed by atoms with Crippen molar-refractivity contribution in [3.05, 3.63) is 33.8 Å². The molecule has 0 aromatic heterocycles. The number of amides is 1. The third-order valence-corrected chi connectivity index (χ3v) is 3.07. The summed E-state index contributed by atoms with van der Waals surface area (Å²) in [6, 6.07) is 6.30. The summed E-state index contributed by atoms with van der Waals surface area (Å²) in [5.74, 6) is -0.626. The molecule has 1 aromatic carbocycles. The zero-order valence-electron chi connectivity index (χ0n) is 11.0. The van der Waals surface area contributed by atoms with Crippen molar-refractivity contribution in [2.24, 2.45) is 0 Å². The Kier molecular flexibility index (Phi) is 7.36. The topological polar surface area (TPSA) is 64.6 Å². The molecule has 0 unspecified atom stereocenters. The van der Waals surface area contributed by atoms with Crippen molar-refractivity contribution in [2.75, 3.05) is 18.5 Å². The minimum atomic E-state index is -0.628. The fraction of sp³-hybridized carbons (Fsp3) is 0.231. The summed E-state index contributed by atoms with van der Waals surface area (Å²) in [7, 11) is 0. The Balaban J connectivity index is 2.56. The van der Waals surface area contributed by atoms with Crippen molar-refractivity contribution < 1.29 is 19.1 Å². The van der Waals surface area contributed by atoms with E-state index in [1.165, 1.54) is 0 Å². The van der Waals surface area contributed by atoms with Crippen molar-refractivity contribution in [3.8, 4) is 5.75 Å². The van der Waals surface area contributed by atoms with Crippen LogP contribution in [0.15, 0.2) is 33.8 Å². The van der Waals surface area contributed by atoms with E-state index in [2.05, 4.69) is 5.32 Å². The number of ether oxygens (including phenoxy) is 2. The molecule has 21 heavy (non-hydrogen) atoms. The van der Waals surface area contributed by atoms with E-state index < -0.39 is 11.9 Å². The van der Waals surface area contributed by atoms with Crippen LogP contribution in [-0.2, 0) is 14.3 Å². The van der Waals surface area contributed by atoms with E-state index in [1.54, 1.807) is 31.2 Å². The minimum Gasteiger partial charge on any atom is -0.482 e. The molecule has 0 bridgehead atoms. The van der Waals surface area contributed by atoms with Crippen LogP contribution in [0.25, 0.3) is 0 Å². The molecule has 0 heterocycles. The zero-order chi connectivity index (χ0) is 15.8. The van der Waals surface area contributed by atoms with Crippen LogP contribution in [-0.4, -0.2) is 25.1 Å². The number of rotatable bonds is 6. The molecule has 1 amide bonds. The van der Waals surface area contributed by atoms with E-state index in [0.717, 1.165) is 0 Å². The second kappa shape index (κ2) is 8.77. The average Bonchev–Trinajstić information content (AvgIpc) is 2.45. The second-order valence-corrected chi connectivity index (χ2v) is 4.97. The smallest absolute Gasteiger partial charge is 0.344 e. The van der Waals surface area contributed by atoms with E-state index in [1.807, 2.05) is 0 Å². The molecule has 5 nitrogen and oxygen atoms in total. The number of benzene rings is 1. The van der Waals surface area contributed by atoms with E-state index in [4.69, 9.17) is 44.3 Å². The van der Waals surface area contributed by atoms with Crippen LogP contribution in [0, 0.1) is 0 Å². The number of hydrogen-bond donors (Lipinski definition) is 1. The molecular formula is C13H12Cl3NO4. The summed E-state index contributed by atoms with van der Waals surface area (Å²) in [5.41, 5.74) is 0.469. The summed E-state index contributed by atoms with van der Waals surface area (Å²) in [5, 5.41) is 2.19. The Hall–Kier alpha value is -1.43. The number of carbonyl (C=O) groups is 2. The number of carbonyl (C=O) groups excluding carboxylic acids is 2. The molecule has 0 aliphatic heterocycles. The summed E-state index contributed by atoms with van der Waals surface area (Å²) >= 11 is 16.4. The molecule has 1 N–H and O–H groups in total. The molecule has 8 heteroatoms. The molecule has 0 atom stereocenters. The van der Waals surface area contributed by atoms with Crippen LogP contribution in [0.2, 0.25) is 0 Å². The van der Waals surface area contributed by atoms with Gasteiger partial charge >= 0.3 is 5.97 Å². The van der Waals surface area contributed by atoms with Gasteiger partial charge in [0.2, 0.25) is 0 Å². The SMILES string of the molecule is CCOC(=O)COc1ccc(NC(=O)C(Cl)=C(Cl)Cl)cc1. The first-order valence-corrected chi connectivity index (χ1v) is 6.98. The van der Waals surface area contributed by atoms with Gasteiger partial charge in [-0.05, 0) is 31.2 Å². The Bertz CT molecular complexity index is 539. The predicted octanol–water partition coefficient (Wildman–Crippen LogP) is 3.45. The van der Waals surface area contributed by atoms with Crippen LogP contribution in [0.5, 0.6) is 5.75 Å². The van der Waals surface area contributed by atoms with Crippen molar-refractivity contribution in [1.82, 2.24) is 0 Å². The lowest BCUT2D eigenvalue weighted by atomic mass is 10.3. The second-order valence-electron chi connectivity index (χ2n) is 3.65. The van der Waals surface area contributed by atoms with Gasteiger partial charge < -0.3 is 14.8 Å². The number of esters is 1. The Morgan fingerprint density at radius 2 is 1.76 bits per heavy atom. The first-order chi connectivity index (χ1) is 9.93. The number of anilines is 1. The van der Waals surface area contributed by atoms with Crippen LogP contribution in [0.4, 0.5) is 5.69 Å². The number of halogens is 3. The molecule has 0 spiro atoms. The lowest BCUT2D eigenvalue weighted by Gasteiger charge is -2.08. The zero-order valence-corrected chi connectivity index (χ0v) is 13.3. The highest BCUT2D eigenvalue weighted by molar-refractivity contribution is 6.63. The van der Waals surface area contributed by atoms with Crippen LogP contribution < -0.4 is 10.1 Å². The highest BCUT2D eigenvalue weighted by atomic mass is 35.5. The Labute approximate surface area is 136 Å². The van der Waals surface area contributed by atoms with Crippen molar-refractivity contribution in [3.63, 3.8) is 0 Å². The Morgan fingerprint density at radius 1 is 1.14 bits per heavy atom. The van der Waals surface area contributed by atoms with Gasteiger partial charge in [-0.1, -0.05) is 34.8 Å². The average molecular weight is 353 g/mol. The van der Waals surface area contributed by atoms with E-state index in [-0.39, 0.29) is 16.1 Å². The van der Waals surface area contributed by atoms with Crippen LogP contribution >= 0.6 is 34.8 Å². The summed E-state index contributed by atoms with van der Waals surface area (Å²) < 4.78 is 9.61. The number of hydrogen-bond acceptors (Lipinski definition) is 4. The highest BCUT2D eigenvalue weighted by Crippen LogP contribution is 2.21. The summed E-state index contributed by atoms with van der Waals surface area (Å²) in [6.07, 6.45) is 0. The van der Waals surface area contributed by atoms with Crippen molar-refractivity contribution in [1.29, 1.82) is 0 Å². The molecular weight excluding hydrogens is 341 g/mol. The maximum atomic E-state index is 11.6. The first kappa shape index (κ1) is 17.6. The quantitative estimate of drug-likeness (QED) is 0.629. The normalized spacial score (nSPS) is 9.71. The minimum absolute atomic E-state index is 0.185. The molecule has 0 saturated carbocycles. The van der Waals surface area contributed by atoms with Gasteiger partial charge in [-0.25, -0.2) is 4.79 Å². The monoisotopic (exact) mass is 351 g/mol. The molecule has 0 radical (unpaired) electrons. The molecule has 0 aliphatic rings. The highest BCUT2D eigenvalue weighted by Gasteiger charge is 2.11. The van der Waals surface area contributed by atoms with Gasteiger partial charge in [-0.15, -0.1) is 0 Å². The van der Waals surface area contributed by atoms with Crippen molar-refractivity contribution >= 4 is 52.4 Å². The molecule has 0 aliphatic carbocycles. The van der Waals surface area contributed by atoms with Crippen molar-refractivity contribution in [2.45, 2.75) is 6.92 Å². The standard InChI is InChI=1S/C13H12Cl3NO4/c1-2-20-10(18)7-21-9-5-3-8(4-6-9)17-13(19)11(14)12(15)16/h3-6H,2,7H2,1H3,(H,17,19). The maximum absolute atomic E-state index is 11.6. The molecule has 1 aromatic rings. The molecule has 114 valence electrons.